The summed E-state index contributed by atoms with van der Waals surface area (Å²) in [4.78, 5) is -0.0666. The fourth-order valence-electron chi connectivity index (χ4n) is 2.37. The number of benzene rings is 2. The predicted octanol–water partition coefficient (Wildman–Crippen LogP) is 4.17. The molecule has 1 heterocycles. The largest absolute Gasteiger partial charge is 0.294 e. The van der Waals surface area contributed by atoms with E-state index in [0.717, 1.165) is 12.1 Å². The first-order valence-corrected chi connectivity index (χ1v) is 9.76. The van der Waals surface area contributed by atoms with E-state index in [0.29, 0.717) is 0 Å². The molecule has 132 valence electrons. The van der Waals surface area contributed by atoms with Crippen LogP contribution in [0.1, 0.15) is 25.3 Å². The minimum absolute atomic E-state index is 0.0666. The molecular weight excluding hydrogens is 334 g/mol. The molecule has 0 bridgehead atoms. The molecular formula is C20H24NO3S+. The molecule has 1 N–H and O–H groups in total. The van der Waals surface area contributed by atoms with E-state index in [2.05, 4.69) is 54.2 Å². The zero-order valence-corrected chi connectivity index (χ0v) is 15.4. The molecule has 3 rings (SSSR count). The standard InChI is InChI=1S/C13H16N.C7H8O3S/c1-2-3-9-14-10-8-12-6-4-5-7-13(12)11-14;1-6-2-4-7(5-3-6)11(8,9)10/h4-8,10-11H,2-3,9H2,1H3;2-5H,1H3,(H,8,9,10)/q+1;. The Balaban J connectivity index is 0.000000186. The highest BCUT2D eigenvalue weighted by Crippen LogP contribution is 2.10. The number of hydrogen-bond donors (Lipinski definition) is 1. The van der Waals surface area contributed by atoms with Crippen molar-refractivity contribution in [1.82, 2.24) is 0 Å². The van der Waals surface area contributed by atoms with E-state index in [9.17, 15) is 8.42 Å². The van der Waals surface area contributed by atoms with Crippen molar-refractivity contribution in [1.29, 1.82) is 0 Å². The van der Waals surface area contributed by atoms with Gasteiger partial charge in [-0.3, -0.25) is 4.55 Å². The molecule has 0 fully saturated rings. The highest BCUT2D eigenvalue weighted by Gasteiger charge is 2.06. The summed E-state index contributed by atoms with van der Waals surface area (Å²) in [6, 6.07) is 16.7. The summed E-state index contributed by atoms with van der Waals surface area (Å²) in [5.74, 6) is 0. The first-order valence-electron chi connectivity index (χ1n) is 8.32. The fraction of sp³-hybridized carbons (Fsp3) is 0.250. The summed E-state index contributed by atoms with van der Waals surface area (Å²) in [5.41, 5.74) is 0.956. The number of nitrogens with zero attached hydrogens (tertiary/aromatic N) is 1. The van der Waals surface area contributed by atoms with E-state index < -0.39 is 10.1 Å². The molecule has 0 atom stereocenters. The van der Waals surface area contributed by atoms with Crippen LogP contribution in [0.3, 0.4) is 0 Å². The lowest BCUT2D eigenvalue weighted by atomic mass is 10.2. The van der Waals surface area contributed by atoms with Gasteiger partial charge in [0, 0.05) is 17.9 Å². The number of hydrogen-bond acceptors (Lipinski definition) is 2. The molecule has 0 radical (unpaired) electrons. The SMILES string of the molecule is CCCC[n+]1ccc2ccccc2c1.Cc1ccc(S(=O)(=O)O)cc1. The van der Waals surface area contributed by atoms with Crippen molar-refractivity contribution in [2.75, 3.05) is 0 Å². The van der Waals surface area contributed by atoms with Crippen LogP contribution in [-0.2, 0) is 16.7 Å². The number of aryl methyl sites for hydroxylation is 2. The normalized spacial score (nSPS) is 11.0. The van der Waals surface area contributed by atoms with Crippen LogP contribution in [0, 0.1) is 6.92 Å². The Morgan fingerprint density at radius 2 is 1.60 bits per heavy atom. The van der Waals surface area contributed by atoms with Crippen molar-refractivity contribution in [2.24, 2.45) is 0 Å². The van der Waals surface area contributed by atoms with Crippen LogP contribution < -0.4 is 4.57 Å². The summed E-state index contributed by atoms with van der Waals surface area (Å²) < 4.78 is 31.8. The Bertz CT molecular complexity index is 919. The Labute approximate surface area is 149 Å². The second-order valence-electron chi connectivity index (χ2n) is 5.95. The molecule has 3 aromatic rings. The molecule has 0 aliphatic heterocycles. The first kappa shape index (κ1) is 19.1. The van der Waals surface area contributed by atoms with Crippen LogP contribution in [0.5, 0.6) is 0 Å². The quantitative estimate of drug-likeness (QED) is 0.562. The number of pyridine rings is 1. The van der Waals surface area contributed by atoms with Gasteiger partial charge in [-0.15, -0.1) is 0 Å². The minimum Gasteiger partial charge on any atom is -0.282 e. The molecule has 0 aliphatic rings. The van der Waals surface area contributed by atoms with Gasteiger partial charge in [-0.1, -0.05) is 49.2 Å². The third kappa shape index (κ3) is 5.96. The molecule has 2 aromatic carbocycles. The topological polar surface area (TPSA) is 58.2 Å². The lowest BCUT2D eigenvalue weighted by Crippen LogP contribution is -2.32. The molecule has 1 aromatic heterocycles. The van der Waals surface area contributed by atoms with Gasteiger partial charge in [0.2, 0.25) is 0 Å². The Morgan fingerprint density at radius 1 is 0.960 bits per heavy atom. The lowest BCUT2D eigenvalue weighted by molar-refractivity contribution is -0.696. The zero-order chi connectivity index (χ0) is 18.3. The van der Waals surface area contributed by atoms with Gasteiger partial charge < -0.3 is 0 Å². The Kier molecular flexibility index (Phi) is 6.67. The monoisotopic (exact) mass is 358 g/mol. The summed E-state index contributed by atoms with van der Waals surface area (Å²) in [7, 11) is -4.02. The van der Waals surface area contributed by atoms with Crippen molar-refractivity contribution >= 4 is 20.9 Å². The Morgan fingerprint density at radius 3 is 2.20 bits per heavy atom. The average Bonchev–Trinajstić information content (AvgIpc) is 2.60. The molecule has 5 heteroatoms. The lowest BCUT2D eigenvalue weighted by Gasteiger charge is -1.97. The summed E-state index contributed by atoms with van der Waals surface area (Å²) in [6.07, 6.45) is 6.89. The maximum Gasteiger partial charge on any atom is 0.294 e. The maximum absolute atomic E-state index is 10.5. The summed E-state index contributed by atoms with van der Waals surface area (Å²) >= 11 is 0. The van der Waals surface area contributed by atoms with Gasteiger partial charge in [-0.05, 0) is 30.5 Å². The summed E-state index contributed by atoms with van der Waals surface area (Å²) in [6.45, 7) is 5.19. The zero-order valence-electron chi connectivity index (χ0n) is 14.6. The third-order valence-electron chi connectivity index (χ3n) is 3.84. The van der Waals surface area contributed by atoms with Crippen molar-refractivity contribution < 1.29 is 17.5 Å². The fourth-order valence-corrected chi connectivity index (χ4v) is 2.85. The van der Waals surface area contributed by atoms with Gasteiger partial charge in [0.1, 0.15) is 6.54 Å². The molecule has 0 saturated heterocycles. The number of rotatable bonds is 4. The van der Waals surface area contributed by atoms with Gasteiger partial charge in [0.05, 0.1) is 4.90 Å². The van der Waals surface area contributed by atoms with Gasteiger partial charge in [-0.25, -0.2) is 4.57 Å². The van der Waals surface area contributed by atoms with Crippen LogP contribution in [0.2, 0.25) is 0 Å². The predicted molar refractivity (Wildman–Crippen MR) is 100 cm³/mol. The van der Waals surface area contributed by atoms with Crippen LogP contribution in [0.15, 0.2) is 71.9 Å². The smallest absolute Gasteiger partial charge is 0.282 e. The number of aromatic nitrogens is 1. The summed E-state index contributed by atoms with van der Waals surface area (Å²) in [5, 5.41) is 2.64. The van der Waals surface area contributed by atoms with Crippen molar-refractivity contribution in [2.45, 2.75) is 38.1 Å². The highest BCUT2D eigenvalue weighted by atomic mass is 32.2. The van der Waals surface area contributed by atoms with Gasteiger partial charge in [-0.2, -0.15) is 8.42 Å². The van der Waals surface area contributed by atoms with Crippen LogP contribution in [0.4, 0.5) is 0 Å². The molecule has 0 unspecified atom stereocenters. The Hall–Kier alpha value is -2.24. The van der Waals surface area contributed by atoms with E-state index in [1.807, 2.05) is 6.92 Å². The van der Waals surface area contributed by atoms with Gasteiger partial charge in [0.15, 0.2) is 12.4 Å². The minimum atomic E-state index is -4.02. The molecule has 0 spiro atoms. The first-order chi connectivity index (χ1) is 11.9. The number of unbranched alkanes of at least 4 members (excludes halogenated alkanes) is 1. The second-order valence-corrected chi connectivity index (χ2v) is 7.37. The number of fused-ring (bicyclic) bond motifs is 1. The van der Waals surface area contributed by atoms with Crippen molar-refractivity contribution in [3.8, 4) is 0 Å². The van der Waals surface area contributed by atoms with E-state index in [4.69, 9.17) is 4.55 Å². The highest BCUT2D eigenvalue weighted by molar-refractivity contribution is 7.85. The van der Waals surface area contributed by atoms with E-state index >= 15 is 0 Å². The molecule has 0 aliphatic carbocycles. The molecule has 25 heavy (non-hydrogen) atoms. The third-order valence-corrected chi connectivity index (χ3v) is 4.70. The second kappa shape index (κ2) is 8.74. The van der Waals surface area contributed by atoms with E-state index in [-0.39, 0.29) is 4.90 Å². The van der Waals surface area contributed by atoms with Crippen LogP contribution in [0.25, 0.3) is 10.8 Å². The van der Waals surface area contributed by atoms with Crippen LogP contribution >= 0.6 is 0 Å². The molecule has 4 nitrogen and oxygen atoms in total. The van der Waals surface area contributed by atoms with Gasteiger partial charge in [0.25, 0.3) is 10.1 Å². The van der Waals surface area contributed by atoms with E-state index in [1.54, 1.807) is 12.1 Å². The molecule has 0 amide bonds. The van der Waals surface area contributed by atoms with E-state index in [1.165, 1.54) is 35.7 Å². The van der Waals surface area contributed by atoms with Gasteiger partial charge >= 0.3 is 0 Å². The average molecular weight is 358 g/mol. The maximum atomic E-state index is 10.5. The van der Waals surface area contributed by atoms with Crippen LogP contribution in [-0.4, -0.2) is 13.0 Å². The van der Waals surface area contributed by atoms with Crippen molar-refractivity contribution in [3.63, 3.8) is 0 Å². The van der Waals surface area contributed by atoms with Crippen molar-refractivity contribution in [3.05, 3.63) is 72.6 Å². The molecule has 0 saturated carbocycles.